The second-order valence-electron chi connectivity index (χ2n) is 7.63. The quantitative estimate of drug-likeness (QED) is 0.643. The molecule has 0 radical (unpaired) electrons. The number of hydrogen-bond donors (Lipinski definition) is 2. The SMILES string of the molecule is CNc1ncc(-c2cc(NC(=O)c3ccnc(C(C)(C)C#N)c3)ccc2C)cc1C#N. The van der Waals surface area contributed by atoms with Gasteiger partial charge in [-0.05, 0) is 62.2 Å². The normalized spacial score (nSPS) is 10.6. The van der Waals surface area contributed by atoms with Crippen LogP contribution in [0.4, 0.5) is 11.5 Å². The number of aryl methyl sites for hydroxylation is 1. The van der Waals surface area contributed by atoms with Gasteiger partial charge in [0.25, 0.3) is 5.91 Å². The van der Waals surface area contributed by atoms with Gasteiger partial charge in [-0.15, -0.1) is 0 Å². The van der Waals surface area contributed by atoms with Crippen molar-refractivity contribution in [2.24, 2.45) is 0 Å². The number of carbonyl (C=O) groups excluding carboxylic acids is 1. The van der Waals surface area contributed by atoms with Gasteiger partial charge in [0, 0.05) is 36.3 Å². The number of pyridine rings is 2. The number of amides is 1. The van der Waals surface area contributed by atoms with Crippen LogP contribution in [0.2, 0.25) is 0 Å². The third-order valence-electron chi connectivity index (χ3n) is 4.99. The van der Waals surface area contributed by atoms with Crippen molar-refractivity contribution in [2.45, 2.75) is 26.2 Å². The zero-order chi connectivity index (χ0) is 22.6. The van der Waals surface area contributed by atoms with Crippen LogP contribution in [0.3, 0.4) is 0 Å². The van der Waals surface area contributed by atoms with E-state index in [1.165, 1.54) is 6.20 Å². The fourth-order valence-corrected chi connectivity index (χ4v) is 3.08. The Morgan fingerprint density at radius 2 is 1.87 bits per heavy atom. The zero-order valence-electron chi connectivity index (χ0n) is 17.8. The minimum absolute atomic E-state index is 0.298. The maximum Gasteiger partial charge on any atom is 0.255 e. The first-order chi connectivity index (χ1) is 14.8. The average molecular weight is 410 g/mol. The molecule has 154 valence electrons. The van der Waals surface area contributed by atoms with E-state index >= 15 is 0 Å². The molecule has 2 heterocycles. The van der Waals surface area contributed by atoms with Crippen molar-refractivity contribution >= 4 is 17.4 Å². The summed E-state index contributed by atoms with van der Waals surface area (Å²) in [5.41, 5.74) is 3.85. The highest BCUT2D eigenvalue weighted by Crippen LogP contribution is 2.29. The molecule has 7 heteroatoms. The fourth-order valence-electron chi connectivity index (χ4n) is 3.08. The van der Waals surface area contributed by atoms with Gasteiger partial charge in [0.2, 0.25) is 0 Å². The second kappa shape index (κ2) is 8.64. The molecule has 0 atom stereocenters. The molecule has 0 aliphatic heterocycles. The first-order valence-corrected chi connectivity index (χ1v) is 9.67. The third kappa shape index (κ3) is 4.52. The maximum atomic E-state index is 12.8. The van der Waals surface area contributed by atoms with Gasteiger partial charge in [-0.3, -0.25) is 9.78 Å². The van der Waals surface area contributed by atoms with Gasteiger partial charge < -0.3 is 10.6 Å². The van der Waals surface area contributed by atoms with E-state index in [-0.39, 0.29) is 5.91 Å². The van der Waals surface area contributed by atoms with Gasteiger partial charge in [0.05, 0.1) is 22.7 Å². The van der Waals surface area contributed by atoms with Gasteiger partial charge in [-0.2, -0.15) is 10.5 Å². The van der Waals surface area contributed by atoms with Crippen LogP contribution in [0.15, 0.2) is 48.8 Å². The first kappa shape index (κ1) is 21.5. The number of rotatable bonds is 5. The number of nitrogens with one attached hydrogen (secondary N) is 2. The van der Waals surface area contributed by atoms with E-state index in [2.05, 4.69) is 32.7 Å². The molecule has 7 nitrogen and oxygen atoms in total. The summed E-state index contributed by atoms with van der Waals surface area (Å²) in [5, 5.41) is 24.5. The number of aromatic nitrogens is 2. The summed E-state index contributed by atoms with van der Waals surface area (Å²) < 4.78 is 0. The van der Waals surface area contributed by atoms with Crippen LogP contribution in [0, 0.1) is 29.6 Å². The lowest BCUT2D eigenvalue weighted by Gasteiger charge is -2.15. The Morgan fingerprint density at radius 3 is 2.55 bits per heavy atom. The summed E-state index contributed by atoms with van der Waals surface area (Å²) in [7, 11) is 1.71. The predicted molar refractivity (Wildman–Crippen MR) is 120 cm³/mol. The Hall–Kier alpha value is -4.23. The predicted octanol–water partition coefficient (Wildman–Crippen LogP) is 4.42. The van der Waals surface area contributed by atoms with Crippen molar-refractivity contribution in [3.05, 3.63) is 71.2 Å². The average Bonchev–Trinajstić information content (AvgIpc) is 2.79. The Kier molecular flexibility index (Phi) is 5.99. The van der Waals surface area contributed by atoms with E-state index in [0.29, 0.717) is 28.3 Å². The van der Waals surface area contributed by atoms with Crippen molar-refractivity contribution in [2.75, 3.05) is 17.7 Å². The molecular weight excluding hydrogens is 388 g/mol. The van der Waals surface area contributed by atoms with E-state index in [4.69, 9.17) is 0 Å². The largest absolute Gasteiger partial charge is 0.372 e. The van der Waals surface area contributed by atoms with Crippen LogP contribution in [-0.4, -0.2) is 22.9 Å². The first-order valence-electron chi connectivity index (χ1n) is 9.67. The summed E-state index contributed by atoms with van der Waals surface area (Å²) >= 11 is 0. The maximum absolute atomic E-state index is 12.8. The molecule has 31 heavy (non-hydrogen) atoms. The lowest BCUT2D eigenvalue weighted by atomic mass is 9.90. The Bertz CT molecular complexity index is 1230. The van der Waals surface area contributed by atoms with Crippen LogP contribution in [-0.2, 0) is 5.41 Å². The summed E-state index contributed by atoms with van der Waals surface area (Å²) in [4.78, 5) is 21.3. The molecule has 3 rings (SSSR count). The van der Waals surface area contributed by atoms with E-state index in [1.54, 1.807) is 45.3 Å². The Labute approximate surface area is 181 Å². The van der Waals surface area contributed by atoms with Gasteiger partial charge in [0.1, 0.15) is 11.9 Å². The molecule has 2 N–H and O–H groups in total. The van der Waals surface area contributed by atoms with Gasteiger partial charge in [-0.1, -0.05) is 6.07 Å². The number of hydrogen-bond acceptors (Lipinski definition) is 6. The topological polar surface area (TPSA) is 114 Å². The minimum atomic E-state index is -0.793. The second-order valence-corrected chi connectivity index (χ2v) is 7.63. The Morgan fingerprint density at radius 1 is 1.10 bits per heavy atom. The third-order valence-corrected chi connectivity index (χ3v) is 4.99. The number of benzene rings is 1. The zero-order valence-corrected chi connectivity index (χ0v) is 17.8. The van der Waals surface area contributed by atoms with Crippen molar-refractivity contribution < 1.29 is 4.79 Å². The van der Waals surface area contributed by atoms with Crippen molar-refractivity contribution in [3.63, 3.8) is 0 Å². The molecule has 0 fully saturated rings. The molecule has 0 saturated carbocycles. The number of nitrogens with zero attached hydrogens (tertiary/aromatic N) is 4. The Balaban J connectivity index is 1.91. The van der Waals surface area contributed by atoms with E-state index in [1.807, 2.05) is 25.1 Å². The fraction of sp³-hybridized carbons (Fsp3) is 0.208. The van der Waals surface area contributed by atoms with E-state index in [9.17, 15) is 15.3 Å². The molecule has 0 spiro atoms. The molecule has 0 saturated heterocycles. The van der Waals surface area contributed by atoms with Crippen molar-refractivity contribution in [3.8, 4) is 23.3 Å². The number of carbonyl (C=O) groups is 1. The van der Waals surface area contributed by atoms with Crippen LogP contribution in [0.5, 0.6) is 0 Å². The molecule has 2 aromatic heterocycles. The molecule has 1 amide bonds. The summed E-state index contributed by atoms with van der Waals surface area (Å²) in [5.74, 6) is 0.218. The van der Waals surface area contributed by atoms with E-state index in [0.717, 1.165) is 16.7 Å². The number of anilines is 2. The lowest BCUT2D eigenvalue weighted by molar-refractivity contribution is 0.102. The van der Waals surface area contributed by atoms with Crippen LogP contribution in [0.25, 0.3) is 11.1 Å². The van der Waals surface area contributed by atoms with E-state index < -0.39 is 5.41 Å². The molecular formula is C24H22N6O. The van der Waals surface area contributed by atoms with Crippen molar-refractivity contribution in [1.82, 2.24) is 9.97 Å². The van der Waals surface area contributed by atoms with Crippen LogP contribution >= 0.6 is 0 Å². The van der Waals surface area contributed by atoms with Crippen molar-refractivity contribution in [1.29, 1.82) is 10.5 Å². The lowest BCUT2D eigenvalue weighted by Crippen LogP contribution is -2.18. The molecule has 0 unspecified atom stereocenters. The van der Waals surface area contributed by atoms with Gasteiger partial charge in [-0.25, -0.2) is 4.98 Å². The molecule has 0 aliphatic rings. The standard InChI is InChI=1S/C24H22N6O/c1-15-5-6-19(11-20(15)18-9-17(12-25)22(27-4)29-13-18)30-23(31)16-7-8-28-21(10-16)24(2,3)14-26/h5-11,13H,1-4H3,(H,27,29)(H,30,31). The molecule has 0 bridgehead atoms. The van der Waals surface area contributed by atoms with Gasteiger partial charge in [0.15, 0.2) is 0 Å². The monoisotopic (exact) mass is 410 g/mol. The summed E-state index contributed by atoms with van der Waals surface area (Å²) in [6, 6.07) is 14.9. The van der Waals surface area contributed by atoms with Crippen LogP contribution in [0.1, 0.15) is 41.0 Å². The minimum Gasteiger partial charge on any atom is -0.372 e. The molecule has 1 aromatic carbocycles. The molecule has 3 aromatic rings. The highest BCUT2D eigenvalue weighted by atomic mass is 16.1. The van der Waals surface area contributed by atoms with Gasteiger partial charge >= 0.3 is 0 Å². The highest BCUT2D eigenvalue weighted by Gasteiger charge is 2.22. The smallest absolute Gasteiger partial charge is 0.255 e. The number of nitriles is 2. The summed E-state index contributed by atoms with van der Waals surface area (Å²) in [6.07, 6.45) is 3.22. The van der Waals surface area contributed by atoms with Crippen LogP contribution < -0.4 is 10.6 Å². The summed E-state index contributed by atoms with van der Waals surface area (Å²) in [6.45, 7) is 5.47. The highest BCUT2D eigenvalue weighted by molar-refractivity contribution is 6.04. The molecule has 0 aliphatic carbocycles.